The number of nitrogens with one attached hydrogen (secondary N) is 1. The number of nitrogen functional groups attached to an aromatic ring is 1. The number of anilines is 4. The molecular weight excluding hydrogens is 302 g/mol. The molecule has 0 saturated carbocycles. The van der Waals surface area contributed by atoms with Gasteiger partial charge in [-0.05, 0) is 18.4 Å². The minimum atomic E-state index is 0.0450. The normalized spacial score (nSPS) is 10.8. The van der Waals surface area contributed by atoms with E-state index in [4.69, 9.17) is 5.73 Å². The summed E-state index contributed by atoms with van der Waals surface area (Å²) in [7, 11) is 0. The van der Waals surface area contributed by atoms with Crippen molar-refractivity contribution in [3.63, 3.8) is 0 Å². The molecule has 3 rings (SSSR count). The maximum Gasteiger partial charge on any atom is 0.159 e. The van der Waals surface area contributed by atoms with E-state index in [0.29, 0.717) is 30.4 Å². The van der Waals surface area contributed by atoms with Gasteiger partial charge in [-0.25, -0.2) is 9.97 Å². The van der Waals surface area contributed by atoms with Gasteiger partial charge in [0.2, 0.25) is 0 Å². The van der Waals surface area contributed by atoms with Crippen LogP contribution in [0.1, 0.15) is 6.92 Å². The zero-order valence-corrected chi connectivity index (χ0v) is 13.6. The summed E-state index contributed by atoms with van der Waals surface area (Å²) in [5.74, 6) is 1.19. The molecule has 0 spiro atoms. The molecule has 24 heavy (non-hydrogen) atoms. The highest BCUT2D eigenvalue weighted by Crippen LogP contribution is 2.31. The van der Waals surface area contributed by atoms with E-state index in [0.717, 1.165) is 16.5 Å². The topological polar surface area (TPSA) is 87.3 Å². The molecule has 1 aromatic heterocycles. The molecule has 124 valence electrons. The second kappa shape index (κ2) is 7.14. The number of fused-ring (bicyclic) bond motifs is 1. The Morgan fingerprint density at radius 1 is 1.12 bits per heavy atom. The number of rotatable bonds is 6. The van der Waals surface area contributed by atoms with Crippen LogP contribution in [0.5, 0.6) is 0 Å². The van der Waals surface area contributed by atoms with E-state index in [1.54, 1.807) is 0 Å². The fourth-order valence-corrected chi connectivity index (χ4v) is 2.73. The minimum Gasteiger partial charge on any atom is -0.395 e. The molecule has 6 heteroatoms. The fourth-order valence-electron chi connectivity index (χ4n) is 2.73. The quantitative estimate of drug-likeness (QED) is 0.646. The predicted octanol–water partition coefficient (Wildman–Crippen LogP) is 2.77. The third-order valence-corrected chi connectivity index (χ3v) is 3.96. The lowest BCUT2D eigenvalue weighted by Gasteiger charge is -2.23. The van der Waals surface area contributed by atoms with Crippen molar-refractivity contribution in [1.82, 2.24) is 9.97 Å². The SMILES string of the molecule is CCN(CCO)c1ncnc(Nc2cccc3ccccc23)c1N. The van der Waals surface area contributed by atoms with Crippen LogP contribution in [0.25, 0.3) is 10.8 Å². The van der Waals surface area contributed by atoms with E-state index in [1.165, 1.54) is 6.33 Å². The van der Waals surface area contributed by atoms with E-state index in [-0.39, 0.29) is 6.61 Å². The molecule has 3 aromatic rings. The van der Waals surface area contributed by atoms with Crippen LogP contribution in [-0.2, 0) is 0 Å². The molecule has 6 nitrogen and oxygen atoms in total. The van der Waals surface area contributed by atoms with Crippen LogP contribution in [-0.4, -0.2) is 34.8 Å². The van der Waals surface area contributed by atoms with Crippen LogP contribution in [0.15, 0.2) is 48.8 Å². The molecule has 4 N–H and O–H groups in total. The van der Waals surface area contributed by atoms with Gasteiger partial charge in [0.15, 0.2) is 11.6 Å². The van der Waals surface area contributed by atoms with Crippen molar-refractivity contribution in [3.8, 4) is 0 Å². The van der Waals surface area contributed by atoms with E-state index in [9.17, 15) is 5.11 Å². The van der Waals surface area contributed by atoms with E-state index in [2.05, 4.69) is 33.5 Å². The molecule has 0 aliphatic carbocycles. The predicted molar refractivity (Wildman–Crippen MR) is 98.6 cm³/mol. The first-order chi connectivity index (χ1) is 11.7. The fraction of sp³-hybridized carbons (Fsp3) is 0.222. The van der Waals surface area contributed by atoms with Crippen LogP contribution in [0.3, 0.4) is 0 Å². The monoisotopic (exact) mass is 323 g/mol. The van der Waals surface area contributed by atoms with Gasteiger partial charge in [0.25, 0.3) is 0 Å². The van der Waals surface area contributed by atoms with Gasteiger partial charge >= 0.3 is 0 Å². The van der Waals surface area contributed by atoms with Gasteiger partial charge in [-0.1, -0.05) is 36.4 Å². The number of hydrogen-bond donors (Lipinski definition) is 3. The number of aliphatic hydroxyl groups excluding tert-OH is 1. The number of nitrogens with zero attached hydrogens (tertiary/aromatic N) is 3. The van der Waals surface area contributed by atoms with E-state index in [1.807, 2.05) is 36.1 Å². The van der Waals surface area contributed by atoms with Gasteiger partial charge in [-0.15, -0.1) is 0 Å². The summed E-state index contributed by atoms with van der Waals surface area (Å²) in [6.07, 6.45) is 1.49. The molecule has 0 saturated heterocycles. The molecule has 0 radical (unpaired) electrons. The second-order valence-corrected chi connectivity index (χ2v) is 5.41. The summed E-state index contributed by atoms with van der Waals surface area (Å²) in [5, 5.41) is 14.8. The number of nitrogens with two attached hydrogens (primary N) is 1. The van der Waals surface area contributed by atoms with Crippen LogP contribution in [0, 0.1) is 0 Å². The van der Waals surface area contributed by atoms with Crippen LogP contribution in [0.4, 0.5) is 23.0 Å². The van der Waals surface area contributed by atoms with Crippen molar-refractivity contribution in [2.75, 3.05) is 35.6 Å². The maximum absolute atomic E-state index is 9.20. The lowest BCUT2D eigenvalue weighted by atomic mass is 10.1. The summed E-state index contributed by atoms with van der Waals surface area (Å²) in [4.78, 5) is 10.5. The summed E-state index contributed by atoms with van der Waals surface area (Å²) in [6, 6.07) is 14.2. The third-order valence-electron chi connectivity index (χ3n) is 3.96. The molecule has 0 bridgehead atoms. The van der Waals surface area contributed by atoms with Gasteiger partial charge in [-0.2, -0.15) is 0 Å². The summed E-state index contributed by atoms with van der Waals surface area (Å²) in [6.45, 7) is 3.22. The molecule has 0 fully saturated rings. The van der Waals surface area contributed by atoms with Crippen LogP contribution in [0.2, 0.25) is 0 Å². The molecular formula is C18H21N5O. The van der Waals surface area contributed by atoms with Gasteiger partial charge in [-0.3, -0.25) is 0 Å². The number of hydrogen-bond acceptors (Lipinski definition) is 6. The Kier molecular flexibility index (Phi) is 4.77. The largest absolute Gasteiger partial charge is 0.395 e. The Morgan fingerprint density at radius 3 is 2.71 bits per heavy atom. The first-order valence-corrected chi connectivity index (χ1v) is 7.95. The van der Waals surface area contributed by atoms with E-state index >= 15 is 0 Å². The molecule has 0 aliphatic rings. The highest BCUT2D eigenvalue weighted by atomic mass is 16.3. The lowest BCUT2D eigenvalue weighted by Crippen LogP contribution is -2.28. The maximum atomic E-state index is 9.20. The van der Waals surface area contributed by atoms with E-state index < -0.39 is 0 Å². The van der Waals surface area contributed by atoms with Crippen molar-refractivity contribution in [2.45, 2.75) is 6.92 Å². The number of aromatic nitrogens is 2. The van der Waals surface area contributed by atoms with Crippen molar-refractivity contribution in [2.24, 2.45) is 0 Å². The van der Waals surface area contributed by atoms with Crippen molar-refractivity contribution in [1.29, 1.82) is 0 Å². The molecule has 2 aromatic carbocycles. The molecule has 0 amide bonds. The molecule has 0 atom stereocenters. The second-order valence-electron chi connectivity index (χ2n) is 5.41. The summed E-state index contributed by atoms with van der Waals surface area (Å²) in [5.41, 5.74) is 7.68. The van der Waals surface area contributed by atoms with Crippen molar-refractivity contribution in [3.05, 3.63) is 48.8 Å². The van der Waals surface area contributed by atoms with Crippen LogP contribution < -0.4 is 16.0 Å². The Balaban J connectivity index is 1.98. The minimum absolute atomic E-state index is 0.0450. The Bertz CT molecular complexity index is 831. The number of benzene rings is 2. The first-order valence-electron chi connectivity index (χ1n) is 7.95. The average molecular weight is 323 g/mol. The smallest absolute Gasteiger partial charge is 0.159 e. The van der Waals surface area contributed by atoms with Crippen LogP contribution >= 0.6 is 0 Å². The zero-order chi connectivity index (χ0) is 16.9. The van der Waals surface area contributed by atoms with Gasteiger partial charge in [0.1, 0.15) is 12.0 Å². The standard InChI is InChI=1S/C18H21N5O/c1-2-23(10-11-24)18-16(19)17(20-12-21-18)22-15-9-5-7-13-6-3-4-8-14(13)15/h3-9,12,24H,2,10-11,19H2,1H3,(H,20,21,22). The first kappa shape index (κ1) is 16.0. The molecule has 1 heterocycles. The highest BCUT2D eigenvalue weighted by Gasteiger charge is 2.14. The van der Waals surface area contributed by atoms with Gasteiger partial charge in [0.05, 0.1) is 6.61 Å². The zero-order valence-electron chi connectivity index (χ0n) is 13.6. The Hall–Kier alpha value is -2.86. The molecule has 0 unspecified atom stereocenters. The summed E-state index contributed by atoms with van der Waals surface area (Å²) < 4.78 is 0. The number of likely N-dealkylation sites (N-methyl/N-ethyl adjacent to an activating group) is 1. The lowest BCUT2D eigenvalue weighted by molar-refractivity contribution is 0.302. The third kappa shape index (κ3) is 3.09. The van der Waals surface area contributed by atoms with Gasteiger partial charge < -0.3 is 21.1 Å². The number of aliphatic hydroxyl groups is 1. The molecule has 0 aliphatic heterocycles. The Labute approximate surface area is 141 Å². The highest BCUT2D eigenvalue weighted by molar-refractivity contribution is 5.96. The Morgan fingerprint density at radius 2 is 1.92 bits per heavy atom. The van der Waals surface area contributed by atoms with Gasteiger partial charge in [0, 0.05) is 24.2 Å². The average Bonchev–Trinajstić information content (AvgIpc) is 2.62. The van der Waals surface area contributed by atoms with Crippen molar-refractivity contribution >= 4 is 33.8 Å². The summed E-state index contributed by atoms with van der Waals surface area (Å²) >= 11 is 0. The van der Waals surface area contributed by atoms with Crippen molar-refractivity contribution < 1.29 is 5.11 Å².